The lowest BCUT2D eigenvalue weighted by Crippen LogP contribution is -2.47. The van der Waals surface area contributed by atoms with Gasteiger partial charge in [-0.1, -0.05) is 0 Å². The van der Waals surface area contributed by atoms with Gasteiger partial charge in [-0.25, -0.2) is 21.5 Å². The van der Waals surface area contributed by atoms with Gasteiger partial charge in [0.2, 0.25) is 0 Å². The van der Waals surface area contributed by atoms with Crippen molar-refractivity contribution in [1.82, 2.24) is 0 Å². The summed E-state index contributed by atoms with van der Waals surface area (Å²) < 4.78 is 72.4. The first-order valence-corrected chi connectivity index (χ1v) is 9.30. The Labute approximate surface area is 133 Å². The lowest BCUT2D eigenvalue weighted by Gasteiger charge is -2.34. The average molecular weight is 376 g/mol. The molecule has 2 rings (SSSR count). The van der Waals surface area contributed by atoms with Gasteiger partial charge in [0.25, 0.3) is 0 Å². The average Bonchev–Trinajstić information content (AvgIpc) is 2.46. The van der Waals surface area contributed by atoms with Crippen molar-refractivity contribution < 1.29 is 47.8 Å². The second kappa shape index (κ2) is 7.27. The Morgan fingerprint density at radius 2 is 1.35 bits per heavy atom. The Kier molecular flexibility index (Phi) is 5.80. The molecule has 2 aliphatic heterocycles. The Morgan fingerprint density at radius 3 is 1.70 bits per heavy atom. The second-order valence-corrected chi connectivity index (χ2v) is 7.32. The topological polar surface area (TPSA) is 141 Å². The van der Waals surface area contributed by atoms with Crippen LogP contribution in [0.1, 0.15) is 6.92 Å². The zero-order chi connectivity index (χ0) is 17.1. The number of hydrogen-bond donors (Lipinski definition) is 0. The maximum atomic E-state index is 11.5. The van der Waals surface area contributed by atoms with Crippen LogP contribution in [-0.2, 0) is 47.0 Å². The van der Waals surface area contributed by atoms with E-state index in [0.29, 0.717) is 0 Å². The third-order valence-electron chi connectivity index (χ3n) is 3.13. The molecule has 134 valence electrons. The van der Waals surface area contributed by atoms with E-state index >= 15 is 0 Å². The molecule has 2 fully saturated rings. The molecule has 0 aliphatic carbocycles. The highest BCUT2D eigenvalue weighted by Gasteiger charge is 2.41. The molecule has 0 radical (unpaired) electrons. The number of carbonyl (C=O) groups excluding carboxylic acids is 1. The van der Waals surface area contributed by atoms with Crippen LogP contribution in [0, 0.1) is 11.8 Å². The monoisotopic (exact) mass is 376 g/mol. The summed E-state index contributed by atoms with van der Waals surface area (Å²) in [6, 6.07) is 0. The molecule has 2 saturated heterocycles. The molecular weight excluding hydrogens is 360 g/mol. The molecule has 0 aromatic carbocycles. The predicted molar refractivity (Wildman–Crippen MR) is 70.5 cm³/mol. The van der Waals surface area contributed by atoms with Crippen molar-refractivity contribution in [3.63, 3.8) is 0 Å². The molecule has 0 aromatic rings. The van der Waals surface area contributed by atoms with E-state index in [9.17, 15) is 21.6 Å². The fourth-order valence-electron chi connectivity index (χ4n) is 2.07. The molecule has 2 heterocycles. The van der Waals surface area contributed by atoms with Gasteiger partial charge in [0.15, 0.2) is 0 Å². The van der Waals surface area contributed by atoms with Crippen LogP contribution in [0.25, 0.3) is 0 Å². The van der Waals surface area contributed by atoms with Gasteiger partial charge in [-0.2, -0.15) is 16.8 Å². The van der Waals surface area contributed by atoms with Crippen LogP contribution in [0.15, 0.2) is 0 Å². The second-order valence-electron chi connectivity index (χ2n) is 4.74. The van der Waals surface area contributed by atoms with Crippen LogP contribution < -0.4 is 0 Å². The number of ether oxygens (including phenoxy) is 2. The minimum Gasteiger partial charge on any atom is -0.435 e. The third-order valence-corrected chi connectivity index (χ3v) is 4.83. The number of carbonyl (C=O) groups is 1. The highest BCUT2D eigenvalue weighted by molar-refractivity contribution is 7.82. The van der Waals surface area contributed by atoms with Crippen molar-refractivity contribution in [2.75, 3.05) is 33.0 Å². The highest BCUT2D eigenvalue weighted by Crippen LogP contribution is 2.27. The molecule has 11 nitrogen and oxygen atoms in total. The van der Waals surface area contributed by atoms with Crippen molar-refractivity contribution in [2.24, 2.45) is 11.8 Å². The molecule has 13 heteroatoms. The molecule has 0 spiro atoms. The van der Waals surface area contributed by atoms with E-state index in [-0.39, 0.29) is 33.0 Å². The van der Waals surface area contributed by atoms with E-state index in [1.165, 1.54) is 0 Å². The van der Waals surface area contributed by atoms with Gasteiger partial charge in [0.1, 0.15) is 6.10 Å². The van der Waals surface area contributed by atoms with Crippen LogP contribution in [0.3, 0.4) is 0 Å². The first-order valence-electron chi connectivity index (χ1n) is 6.63. The van der Waals surface area contributed by atoms with E-state index in [4.69, 9.17) is 4.74 Å². The van der Waals surface area contributed by atoms with Gasteiger partial charge in [0.05, 0.1) is 33.0 Å². The molecule has 0 bridgehead atoms. The summed E-state index contributed by atoms with van der Waals surface area (Å²) in [5.41, 5.74) is 0. The fourth-order valence-corrected chi connectivity index (χ4v) is 3.57. The summed E-state index contributed by atoms with van der Waals surface area (Å²) in [4.78, 5) is 11.5. The standard InChI is InChI=1S/C10H16O11S2/c1-2-16-10(11)21-9(7-3-17-22(12,13)18-4-7)8-5-19-23(14,15)20-6-8/h7-9H,2-6H2,1H3. The zero-order valence-electron chi connectivity index (χ0n) is 12.1. The Hall–Kier alpha value is -0.990. The first kappa shape index (κ1) is 18.4. The molecular formula is C10H16O11S2. The van der Waals surface area contributed by atoms with Gasteiger partial charge < -0.3 is 9.47 Å². The zero-order valence-corrected chi connectivity index (χ0v) is 13.7. The van der Waals surface area contributed by atoms with Gasteiger partial charge >= 0.3 is 27.0 Å². The molecule has 0 amide bonds. The largest absolute Gasteiger partial charge is 0.508 e. The van der Waals surface area contributed by atoms with Gasteiger partial charge in [-0.3, -0.25) is 0 Å². The van der Waals surface area contributed by atoms with Gasteiger partial charge in [-0.05, 0) is 6.92 Å². The van der Waals surface area contributed by atoms with Crippen LogP contribution in [-0.4, -0.2) is 62.1 Å². The van der Waals surface area contributed by atoms with E-state index in [0.717, 1.165) is 0 Å². The third kappa shape index (κ3) is 5.26. The summed E-state index contributed by atoms with van der Waals surface area (Å²) in [7, 11) is -8.13. The molecule has 0 atom stereocenters. The minimum absolute atomic E-state index is 0.0731. The van der Waals surface area contributed by atoms with Gasteiger partial charge in [-0.15, -0.1) is 0 Å². The summed E-state index contributed by atoms with van der Waals surface area (Å²) >= 11 is 0. The highest BCUT2D eigenvalue weighted by atomic mass is 32.3. The molecule has 0 saturated carbocycles. The fraction of sp³-hybridized carbons (Fsp3) is 0.900. The summed E-state index contributed by atoms with van der Waals surface area (Å²) in [6.07, 6.45) is -1.96. The lowest BCUT2D eigenvalue weighted by molar-refractivity contribution is -0.0755. The molecule has 0 N–H and O–H groups in total. The summed E-state index contributed by atoms with van der Waals surface area (Å²) in [6.45, 7) is 0.468. The van der Waals surface area contributed by atoms with Crippen LogP contribution in [0.2, 0.25) is 0 Å². The smallest absolute Gasteiger partial charge is 0.435 e. The quantitative estimate of drug-likeness (QED) is 0.577. The van der Waals surface area contributed by atoms with Crippen LogP contribution in [0.4, 0.5) is 4.79 Å². The molecule has 0 aromatic heterocycles. The molecule has 2 aliphatic rings. The van der Waals surface area contributed by atoms with Crippen molar-refractivity contribution in [2.45, 2.75) is 13.0 Å². The van der Waals surface area contributed by atoms with E-state index < -0.39 is 44.9 Å². The maximum absolute atomic E-state index is 11.5. The molecule has 23 heavy (non-hydrogen) atoms. The lowest BCUT2D eigenvalue weighted by atomic mass is 9.92. The first-order chi connectivity index (χ1) is 10.7. The minimum atomic E-state index is -4.07. The van der Waals surface area contributed by atoms with E-state index in [1.54, 1.807) is 6.92 Å². The van der Waals surface area contributed by atoms with Crippen molar-refractivity contribution in [3.8, 4) is 0 Å². The Balaban J connectivity index is 2.07. The van der Waals surface area contributed by atoms with Crippen LogP contribution in [0.5, 0.6) is 0 Å². The summed E-state index contributed by atoms with van der Waals surface area (Å²) in [5, 5.41) is 0. The maximum Gasteiger partial charge on any atom is 0.508 e. The Bertz CT molecular complexity index is 551. The number of hydrogen-bond acceptors (Lipinski definition) is 11. The van der Waals surface area contributed by atoms with Crippen molar-refractivity contribution in [3.05, 3.63) is 0 Å². The van der Waals surface area contributed by atoms with Gasteiger partial charge in [0, 0.05) is 11.8 Å². The van der Waals surface area contributed by atoms with Crippen LogP contribution >= 0.6 is 0 Å². The summed E-state index contributed by atoms with van der Waals surface area (Å²) in [5.74, 6) is -1.33. The Morgan fingerprint density at radius 1 is 0.957 bits per heavy atom. The molecule has 0 unspecified atom stereocenters. The number of rotatable bonds is 4. The van der Waals surface area contributed by atoms with Crippen molar-refractivity contribution >= 4 is 27.0 Å². The van der Waals surface area contributed by atoms with E-state index in [1.807, 2.05) is 0 Å². The normalized spacial score (nSPS) is 25.1. The van der Waals surface area contributed by atoms with E-state index in [2.05, 4.69) is 21.5 Å². The predicted octanol–water partition coefficient (Wildman–Crippen LogP) is -0.656. The van der Waals surface area contributed by atoms with Crippen molar-refractivity contribution in [1.29, 1.82) is 0 Å². The SMILES string of the molecule is CCOC(=O)OC(C1COS(=O)(=O)OC1)C1COS(=O)(=O)OC1.